The number of halogens is 3. The molecule has 1 saturated heterocycles. The molecular formula is C30H25Cl2FN4O2. The van der Waals surface area contributed by atoms with Crippen LogP contribution < -0.4 is 5.32 Å². The Morgan fingerprint density at radius 2 is 1.64 bits per heavy atom. The Labute approximate surface area is 235 Å². The standard InChI is InChI=1S/C30H25Cl2FN4O2/c31-22-11-14-25(26(32)18-22)29(38)34-27(30(39)36-15-5-2-6-16-36)17-21-19-37(24-7-3-1-4-8-24)35-28(21)20-9-12-23(33)13-10-20/h1,3-4,7-14,17-19H,2,5-6,15-16H2,(H,34,38). The molecule has 0 aliphatic carbocycles. The first-order valence-electron chi connectivity index (χ1n) is 12.6. The van der Waals surface area contributed by atoms with Crippen LogP contribution in [0.1, 0.15) is 35.2 Å². The number of aromatic nitrogens is 2. The van der Waals surface area contributed by atoms with Crippen LogP contribution in [0.5, 0.6) is 0 Å². The molecule has 0 spiro atoms. The summed E-state index contributed by atoms with van der Waals surface area (Å²) < 4.78 is 15.4. The van der Waals surface area contributed by atoms with Crippen molar-refractivity contribution in [2.24, 2.45) is 0 Å². The second kappa shape index (κ2) is 11.8. The first kappa shape index (κ1) is 26.7. The van der Waals surface area contributed by atoms with E-state index in [-0.39, 0.29) is 28.0 Å². The molecule has 3 aromatic carbocycles. The fraction of sp³-hybridized carbons (Fsp3) is 0.167. The van der Waals surface area contributed by atoms with E-state index in [9.17, 15) is 14.0 Å². The lowest BCUT2D eigenvalue weighted by atomic mass is 10.1. The van der Waals surface area contributed by atoms with Gasteiger partial charge in [0.05, 0.1) is 16.3 Å². The molecule has 1 aromatic heterocycles. The third-order valence-corrected chi connectivity index (χ3v) is 7.03. The fourth-order valence-electron chi connectivity index (χ4n) is 4.48. The summed E-state index contributed by atoms with van der Waals surface area (Å²) in [5.74, 6) is -1.20. The molecule has 0 bridgehead atoms. The van der Waals surface area contributed by atoms with Crippen LogP contribution in [0.25, 0.3) is 23.0 Å². The minimum Gasteiger partial charge on any atom is -0.337 e. The average molecular weight is 563 g/mol. The molecule has 39 heavy (non-hydrogen) atoms. The molecule has 2 heterocycles. The zero-order valence-electron chi connectivity index (χ0n) is 20.9. The summed E-state index contributed by atoms with van der Waals surface area (Å²) in [4.78, 5) is 28.7. The van der Waals surface area contributed by atoms with E-state index >= 15 is 0 Å². The van der Waals surface area contributed by atoms with Crippen LogP contribution in [0.3, 0.4) is 0 Å². The molecule has 2 amide bonds. The quantitative estimate of drug-likeness (QED) is 0.264. The number of para-hydroxylation sites is 1. The minimum absolute atomic E-state index is 0.0869. The van der Waals surface area contributed by atoms with Gasteiger partial charge in [-0.15, -0.1) is 0 Å². The topological polar surface area (TPSA) is 67.2 Å². The van der Waals surface area contributed by atoms with Gasteiger partial charge in [-0.05, 0) is 79.9 Å². The van der Waals surface area contributed by atoms with Crippen LogP contribution in [-0.4, -0.2) is 39.6 Å². The summed E-state index contributed by atoms with van der Waals surface area (Å²) in [5, 5.41) is 8.10. The van der Waals surface area contributed by atoms with Gasteiger partial charge in [0.25, 0.3) is 11.8 Å². The molecule has 0 atom stereocenters. The van der Waals surface area contributed by atoms with Crippen LogP contribution in [0.15, 0.2) is 84.7 Å². The van der Waals surface area contributed by atoms with E-state index in [1.54, 1.807) is 40.1 Å². The number of carbonyl (C=O) groups excluding carboxylic acids is 2. The molecule has 1 aliphatic rings. The van der Waals surface area contributed by atoms with Crippen LogP contribution in [0, 0.1) is 5.82 Å². The van der Waals surface area contributed by atoms with Gasteiger partial charge in [0, 0.05) is 35.4 Å². The smallest absolute Gasteiger partial charge is 0.270 e. The molecule has 1 aliphatic heterocycles. The molecule has 4 aromatic rings. The highest BCUT2D eigenvalue weighted by molar-refractivity contribution is 6.36. The van der Waals surface area contributed by atoms with Gasteiger partial charge in [-0.1, -0.05) is 41.4 Å². The molecule has 5 rings (SSSR count). The van der Waals surface area contributed by atoms with E-state index in [0.717, 1.165) is 24.9 Å². The van der Waals surface area contributed by atoms with Crippen molar-refractivity contribution in [2.75, 3.05) is 13.1 Å². The Balaban J connectivity index is 1.60. The first-order chi connectivity index (χ1) is 18.9. The minimum atomic E-state index is -0.535. The van der Waals surface area contributed by atoms with E-state index in [1.807, 2.05) is 30.3 Å². The van der Waals surface area contributed by atoms with Crippen molar-refractivity contribution in [2.45, 2.75) is 19.3 Å². The van der Waals surface area contributed by atoms with Gasteiger partial charge in [0.1, 0.15) is 17.2 Å². The maximum Gasteiger partial charge on any atom is 0.270 e. The Hall–Kier alpha value is -3.94. The summed E-state index contributed by atoms with van der Waals surface area (Å²) in [6.45, 7) is 1.20. The van der Waals surface area contributed by atoms with Crippen LogP contribution in [0.4, 0.5) is 4.39 Å². The Bertz CT molecular complexity index is 1530. The second-order valence-electron chi connectivity index (χ2n) is 9.21. The number of piperidine rings is 1. The van der Waals surface area contributed by atoms with Crippen molar-refractivity contribution < 1.29 is 14.0 Å². The van der Waals surface area contributed by atoms with Gasteiger partial charge in [-0.3, -0.25) is 9.59 Å². The zero-order chi connectivity index (χ0) is 27.4. The summed E-state index contributed by atoms with van der Waals surface area (Å²) in [6, 6.07) is 20.0. The largest absolute Gasteiger partial charge is 0.337 e. The maximum absolute atomic E-state index is 13.7. The molecule has 0 unspecified atom stereocenters. The van der Waals surface area contributed by atoms with Gasteiger partial charge < -0.3 is 10.2 Å². The molecule has 1 N–H and O–H groups in total. The number of likely N-dealkylation sites (tertiary alicyclic amines) is 1. The van der Waals surface area contributed by atoms with Crippen molar-refractivity contribution in [3.8, 4) is 16.9 Å². The van der Waals surface area contributed by atoms with E-state index in [2.05, 4.69) is 5.32 Å². The Morgan fingerprint density at radius 3 is 2.33 bits per heavy atom. The van der Waals surface area contributed by atoms with E-state index < -0.39 is 5.91 Å². The monoisotopic (exact) mass is 562 g/mol. The van der Waals surface area contributed by atoms with Crippen molar-refractivity contribution in [1.29, 1.82) is 0 Å². The third-order valence-electron chi connectivity index (χ3n) is 6.48. The molecule has 9 heteroatoms. The molecule has 198 valence electrons. The maximum atomic E-state index is 13.7. The van der Waals surface area contributed by atoms with Gasteiger partial charge in [-0.2, -0.15) is 5.10 Å². The number of hydrogen-bond donors (Lipinski definition) is 1. The van der Waals surface area contributed by atoms with Crippen molar-refractivity contribution >= 4 is 41.1 Å². The molecule has 0 radical (unpaired) electrons. The van der Waals surface area contributed by atoms with Crippen LogP contribution in [0.2, 0.25) is 10.0 Å². The van der Waals surface area contributed by atoms with E-state index in [0.29, 0.717) is 34.9 Å². The van der Waals surface area contributed by atoms with Crippen molar-refractivity contribution in [1.82, 2.24) is 20.0 Å². The summed E-state index contributed by atoms with van der Waals surface area (Å²) >= 11 is 12.3. The second-order valence-corrected chi connectivity index (χ2v) is 10.1. The number of carbonyl (C=O) groups is 2. The molecule has 1 fully saturated rings. The lowest BCUT2D eigenvalue weighted by Gasteiger charge is -2.27. The summed E-state index contributed by atoms with van der Waals surface area (Å²) in [6.07, 6.45) is 6.22. The number of amides is 2. The predicted molar refractivity (Wildman–Crippen MR) is 151 cm³/mol. The highest BCUT2D eigenvalue weighted by atomic mass is 35.5. The zero-order valence-corrected chi connectivity index (χ0v) is 22.4. The molecular weight excluding hydrogens is 538 g/mol. The highest BCUT2D eigenvalue weighted by Crippen LogP contribution is 2.27. The number of rotatable bonds is 6. The van der Waals surface area contributed by atoms with Crippen LogP contribution >= 0.6 is 23.2 Å². The molecule has 0 saturated carbocycles. The summed E-state index contributed by atoms with van der Waals surface area (Å²) in [7, 11) is 0. The van der Waals surface area contributed by atoms with Crippen molar-refractivity contribution in [3.05, 3.63) is 112 Å². The predicted octanol–water partition coefficient (Wildman–Crippen LogP) is 6.77. The summed E-state index contributed by atoms with van der Waals surface area (Å²) in [5.41, 5.74) is 2.85. The first-order valence-corrected chi connectivity index (χ1v) is 13.3. The van der Waals surface area contributed by atoms with Gasteiger partial charge in [-0.25, -0.2) is 9.07 Å². The normalized spacial score (nSPS) is 13.8. The van der Waals surface area contributed by atoms with Crippen molar-refractivity contribution in [3.63, 3.8) is 0 Å². The Morgan fingerprint density at radius 1 is 0.923 bits per heavy atom. The lowest BCUT2D eigenvalue weighted by Crippen LogP contribution is -2.41. The van der Waals surface area contributed by atoms with Gasteiger partial charge >= 0.3 is 0 Å². The van der Waals surface area contributed by atoms with Gasteiger partial charge in [0.15, 0.2) is 0 Å². The number of nitrogens with zero attached hydrogens (tertiary/aromatic N) is 3. The highest BCUT2D eigenvalue weighted by Gasteiger charge is 2.24. The number of nitrogens with one attached hydrogen (secondary N) is 1. The average Bonchev–Trinajstić information content (AvgIpc) is 3.37. The Kier molecular flexibility index (Phi) is 8.10. The SMILES string of the molecule is O=C(NC(=Cc1cn(-c2ccccc2)nc1-c1ccc(F)cc1)C(=O)N1CCCCC1)c1ccc(Cl)cc1Cl. The number of hydrogen-bond acceptors (Lipinski definition) is 3. The van der Waals surface area contributed by atoms with Gasteiger partial charge in [0.2, 0.25) is 0 Å². The number of benzene rings is 3. The third kappa shape index (κ3) is 6.21. The lowest BCUT2D eigenvalue weighted by molar-refractivity contribution is -0.128. The van der Waals surface area contributed by atoms with Crippen LogP contribution in [-0.2, 0) is 4.79 Å². The van der Waals surface area contributed by atoms with E-state index in [1.165, 1.54) is 24.3 Å². The molecule has 6 nitrogen and oxygen atoms in total. The fourth-order valence-corrected chi connectivity index (χ4v) is 4.97. The van der Waals surface area contributed by atoms with E-state index in [4.69, 9.17) is 28.3 Å².